The third-order valence-corrected chi connectivity index (χ3v) is 9.65. The fourth-order valence-electron chi connectivity index (χ4n) is 6.11. The number of aromatic nitrogens is 6. The van der Waals surface area contributed by atoms with Crippen molar-refractivity contribution in [2.45, 2.75) is 69.5 Å². The van der Waals surface area contributed by atoms with Gasteiger partial charge in [-0.1, -0.05) is 11.3 Å². The van der Waals surface area contributed by atoms with Crippen LogP contribution in [0.4, 0.5) is 5.69 Å². The van der Waals surface area contributed by atoms with E-state index in [1.165, 1.54) is 21.5 Å². The van der Waals surface area contributed by atoms with Crippen LogP contribution in [0, 0.1) is 0 Å². The van der Waals surface area contributed by atoms with Gasteiger partial charge in [0.25, 0.3) is 10.6 Å². The molecular formula is C34H39N7O10S. The second-order valence-corrected chi connectivity index (χ2v) is 13.5. The van der Waals surface area contributed by atoms with Crippen LogP contribution in [0.15, 0.2) is 80.1 Å². The van der Waals surface area contributed by atoms with E-state index in [-0.39, 0.29) is 18.2 Å². The van der Waals surface area contributed by atoms with Gasteiger partial charge in [0.2, 0.25) is 0 Å². The van der Waals surface area contributed by atoms with E-state index in [4.69, 9.17) is 13.9 Å². The van der Waals surface area contributed by atoms with Crippen molar-refractivity contribution in [3.05, 3.63) is 98.9 Å². The van der Waals surface area contributed by atoms with Gasteiger partial charge in [-0.2, -0.15) is 4.57 Å². The average molecular weight is 738 g/mol. The maximum absolute atomic E-state index is 12.3. The Morgan fingerprint density at radius 1 is 1.13 bits per heavy atom. The van der Waals surface area contributed by atoms with E-state index >= 15 is 0 Å². The lowest BCUT2D eigenvalue weighted by atomic mass is 10.1. The molecule has 0 aliphatic carbocycles. The number of ether oxygens (including phenoxy) is 2. The van der Waals surface area contributed by atoms with Gasteiger partial charge < -0.3 is 33.6 Å². The Labute approximate surface area is 297 Å². The van der Waals surface area contributed by atoms with E-state index in [0.717, 1.165) is 40.4 Å². The van der Waals surface area contributed by atoms with Gasteiger partial charge in [-0.15, -0.1) is 5.10 Å². The molecule has 0 radical (unpaired) electrons. The molecule has 1 fully saturated rings. The topological polar surface area (TPSA) is 222 Å². The van der Waals surface area contributed by atoms with Crippen molar-refractivity contribution in [1.29, 1.82) is 0 Å². The summed E-state index contributed by atoms with van der Waals surface area (Å²) in [5.74, 6) is 0.582. The van der Waals surface area contributed by atoms with E-state index in [2.05, 4.69) is 34.0 Å². The highest BCUT2D eigenvalue weighted by Crippen LogP contribution is 2.31. The molecule has 4 atom stereocenters. The van der Waals surface area contributed by atoms with Crippen LogP contribution in [0.25, 0.3) is 23.1 Å². The summed E-state index contributed by atoms with van der Waals surface area (Å²) in [6, 6.07) is 12.1. The number of H-pyrrole nitrogens is 1. The van der Waals surface area contributed by atoms with E-state index < -0.39 is 52.5 Å². The van der Waals surface area contributed by atoms with Gasteiger partial charge in [0.15, 0.2) is 29.1 Å². The minimum atomic E-state index is -4.81. The molecule has 5 aromatic rings. The molecule has 1 unspecified atom stereocenters. The largest absolute Gasteiger partial charge is 0.740 e. The molecule has 17 nitrogen and oxygen atoms in total. The number of nitrogens with one attached hydrogen (secondary N) is 1. The molecule has 18 heteroatoms. The Balaban J connectivity index is 1.07. The van der Waals surface area contributed by atoms with E-state index in [0.29, 0.717) is 30.0 Å². The van der Waals surface area contributed by atoms with E-state index in [1.807, 2.05) is 24.3 Å². The molecule has 276 valence electrons. The van der Waals surface area contributed by atoms with E-state index in [9.17, 15) is 32.8 Å². The molecular weight excluding hydrogens is 698 g/mol. The van der Waals surface area contributed by atoms with Crippen molar-refractivity contribution in [1.82, 2.24) is 24.5 Å². The predicted octanol–water partition coefficient (Wildman–Crippen LogP) is 1.01. The summed E-state index contributed by atoms with van der Waals surface area (Å²) >= 11 is 0. The highest BCUT2D eigenvalue weighted by Gasteiger charge is 2.45. The number of anilines is 1. The highest BCUT2D eigenvalue weighted by molar-refractivity contribution is 7.85. The van der Waals surface area contributed by atoms with Crippen molar-refractivity contribution in [3.63, 3.8) is 0 Å². The molecule has 1 aliphatic rings. The normalized spacial score (nSPS) is 19.2. The van der Waals surface area contributed by atoms with Crippen LogP contribution in [-0.2, 0) is 39.3 Å². The van der Waals surface area contributed by atoms with Crippen LogP contribution in [0.3, 0.4) is 0 Å². The van der Waals surface area contributed by atoms with Crippen LogP contribution < -0.4 is 20.7 Å². The van der Waals surface area contributed by atoms with Gasteiger partial charge in [0, 0.05) is 67.6 Å². The third kappa shape index (κ3) is 8.22. The number of benzene rings is 1. The number of nitrogens with zero attached hydrogens (tertiary/aromatic N) is 6. The molecule has 3 N–H and O–H groups in total. The highest BCUT2D eigenvalue weighted by atomic mass is 32.2. The minimum absolute atomic E-state index is 0.133. The lowest BCUT2D eigenvalue weighted by molar-refractivity contribution is -0.734. The molecule has 1 aliphatic heterocycles. The van der Waals surface area contributed by atoms with Crippen LogP contribution in [-0.4, -0.2) is 85.7 Å². The number of hydrogen-bond donors (Lipinski definition) is 3. The second kappa shape index (κ2) is 15.7. The Morgan fingerprint density at radius 3 is 2.67 bits per heavy atom. The van der Waals surface area contributed by atoms with Gasteiger partial charge in [0.05, 0.1) is 19.4 Å². The molecule has 0 bridgehead atoms. The number of furan rings is 1. The predicted molar refractivity (Wildman–Crippen MR) is 185 cm³/mol. The lowest BCUT2D eigenvalue weighted by Crippen LogP contribution is -2.40. The van der Waals surface area contributed by atoms with Crippen molar-refractivity contribution in [2.24, 2.45) is 0 Å². The quantitative estimate of drug-likeness (QED) is 0.101. The van der Waals surface area contributed by atoms with E-state index in [1.54, 1.807) is 30.6 Å². The average Bonchev–Trinajstić information content (AvgIpc) is 3.83. The summed E-state index contributed by atoms with van der Waals surface area (Å²) in [6.07, 6.45) is 3.61. The monoisotopic (exact) mass is 737 g/mol. The van der Waals surface area contributed by atoms with Gasteiger partial charge in [-0.3, -0.25) is 19.0 Å². The summed E-state index contributed by atoms with van der Waals surface area (Å²) in [4.78, 5) is 28.2. The zero-order valence-corrected chi connectivity index (χ0v) is 29.3. The summed E-state index contributed by atoms with van der Waals surface area (Å²) < 4.78 is 58.1. The van der Waals surface area contributed by atoms with Gasteiger partial charge in [-0.25, -0.2) is 13.2 Å². The second-order valence-electron chi connectivity index (χ2n) is 12.2. The standard InChI is InChI=1S/C34H39N7O10S/c1-3-38(4-2)25-8-7-23-17-26(50-27(23)18-25)9-6-22-10-14-39(30(16-22)52(46,47)48)12-5-13-40-19-24(36-37-40)21-49-32-31(44)28(20-42)51-33(32)41-15-11-29(43)35-34(41)45/h6-11,14-19,28,31-33,42,44H,3-5,12-13,20-21H2,1-2H3,(H-,35,43,45,46,47,48)/t28-,31-,32-,33?/m1/s1. The Kier molecular flexibility index (Phi) is 11.1. The first-order valence-electron chi connectivity index (χ1n) is 16.7. The van der Waals surface area contributed by atoms with Crippen molar-refractivity contribution in [3.8, 4) is 0 Å². The first kappa shape index (κ1) is 36.8. The van der Waals surface area contributed by atoms with Gasteiger partial charge in [0.1, 0.15) is 35.3 Å². The minimum Gasteiger partial charge on any atom is -0.740 e. The number of aliphatic hydroxyl groups is 2. The number of pyridine rings is 1. The molecule has 0 amide bonds. The lowest BCUT2D eigenvalue weighted by Gasteiger charge is -2.21. The molecule has 5 heterocycles. The zero-order chi connectivity index (χ0) is 37.0. The Morgan fingerprint density at radius 2 is 1.94 bits per heavy atom. The number of hydrogen-bond acceptors (Lipinski definition) is 13. The summed E-state index contributed by atoms with van der Waals surface area (Å²) in [5, 5.41) is 29.0. The molecule has 0 spiro atoms. The number of rotatable bonds is 15. The Hall–Kier alpha value is -4.98. The van der Waals surface area contributed by atoms with Crippen molar-refractivity contribution < 1.29 is 41.6 Å². The van der Waals surface area contributed by atoms with Crippen LogP contribution in [0.1, 0.15) is 43.5 Å². The summed E-state index contributed by atoms with van der Waals surface area (Å²) in [5.41, 5.74) is 1.31. The smallest absolute Gasteiger partial charge is 0.330 e. The maximum Gasteiger partial charge on any atom is 0.330 e. The number of aryl methyl sites for hydroxylation is 2. The molecule has 1 aromatic carbocycles. The number of aromatic amines is 1. The Bertz CT molecular complexity index is 2280. The summed E-state index contributed by atoms with van der Waals surface area (Å²) in [7, 11) is -4.81. The molecule has 52 heavy (non-hydrogen) atoms. The first-order valence-corrected chi connectivity index (χ1v) is 18.1. The summed E-state index contributed by atoms with van der Waals surface area (Å²) in [6.45, 7) is 5.77. The maximum atomic E-state index is 12.3. The van der Waals surface area contributed by atoms with Crippen LogP contribution >= 0.6 is 0 Å². The fraction of sp³-hybridized carbons (Fsp3) is 0.382. The number of aliphatic hydroxyl groups excluding tert-OH is 2. The first-order chi connectivity index (χ1) is 25.0. The number of fused-ring (bicyclic) bond motifs is 1. The van der Waals surface area contributed by atoms with Crippen LogP contribution in [0.2, 0.25) is 0 Å². The van der Waals surface area contributed by atoms with Crippen LogP contribution in [0.5, 0.6) is 0 Å². The van der Waals surface area contributed by atoms with Crippen molar-refractivity contribution in [2.75, 3.05) is 24.6 Å². The zero-order valence-electron chi connectivity index (χ0n) is 28.4. The molecule has 1 saturated heterocycles. The van der Waals surface area contributed by atoms with Crippen molar-refractivity contribution >= 4 is 38.9 Å². The van der Waals surface area contributed by atoms with Gasteiger partial charge in [-0.05, 0) is 43.7 Å². The van der Waals surface area contributed by atoms with Gasteiger partial charge >= 0.3 is 5.69 Å². The SMILES string of the molecule is CCN(CC)c1ccc2cc(/C=C/c3cc[n+](CCCn4cc(CO[C@H]5C(n6ccc(=O)[nH]c6=O)O[C@H](CO)[C@H]5O)nn4)c(S(=O)(=O)[O-])c3)oc2c1. The molecule has 4 aromatic heterocycles. The molecule has 6 rings (SSSR count). The molecule has 0 saturated carbocycles. The fourth-order valence-corrected chi connectivity index (χ4v) is 6.83. The third-order valence-electron chi connectivity index (χ3n) is 8.78.